The van der Waals surface area contributed by atoms with Crippen LogP contribution >= 0.6 is 0 Å². The number of carboxylic acids is 1. The lowest BCUT2D eigenvalue weighted by Crippen LogP contribution is -2.45. The minimum absolute atomic E-state index is 0.0323. The van der Waals surface area contributed by atoms with E-state index in [1.54, 1.807) is 26.4 Å². The molecule has 1 aliphatic carbocycles. The van der Waals surface area contributed by atoms with Crippen LogP contribution in [0.1, 0.15) is 28.8 Å². The molecule has 7 heteroatoms. The number of benzene rings is 2. The van der Waals surface area contributed by atoms with Crippen molar-refractivity contribution >= 4 is 23.3 Å². The van der Waals surface area contributed by atoms with Gasteiger partial charge in [0.2, 0.25) is 0 Å². The summed E-state index contributed by atoms with van der Waals surface area (Å²) in [6, 6.07) is 11.8. The van der Waals surface area contributed by atoms with Gasteiger partial charge in [-0.2, -0.15) is 5.10 Å². The molecule has 2 aromatic carbocycles. The molecule has 0 fully saturated rings. The first-order chi connectivity index (χ1) is 14.5. The predicted octanol–water partition coefficient (Wildman–Crippen LogP) is 3.74. The van der Waals surface area contributed by atoms with Crippen LogP contribution in [0.5, 0.6) is 11.5 Å². The Bertz CT molecular complexity index is 1040. The lowest BCUT2D eigenvalue weighted by atomic mass is 9.76. The van der Waals surface area contributed by atoms with E-state index in [0.29, 0.717) is 23.6 Å². The minimum atomic E-state index is -1.02. The van der Waals surface area contributed by atoms with Gasteiger partial charge >= 0.3 is 5.97 Å². The van der Waals surface area contributed by atoms with E-state index in [1.165, 1.54) is 17.1 Å². The maximum atomic E-state index is 13.2. The number of hydrogen-bond donors (Lipinski definition) is 1. The van der Waals surface area contributed by atoms with Crippen LogP contribution in [0, 0.1) is 11.8 Å². The Kier molecular flexibility index (Phi) is 5.27. The number of fused-ring (bicyclic) bond motifs is 1. The number of carbonyl (C=O) groups is 2. The van der Waals surface area contributed by atoms with E-state index in [4.69, 9.17) is 19.7 Å². The summed E-state index contributed by atoms with van der Waals surface area (Å²) >= 11 is 0. The molecular weight excluding hydrogens is 384 g/mol. The predicted molar refractivity (Wildman–Crippen MR) is 112 cm³/mol. The summed E-state index contributed by atoms with van der Waals surface area (Å²) in [4.78, 5) is 24.4. The second-order valence-corrected chi connectivity index (χ2v) is 7.21. The fourth-order valence-corrected chi connectivity index (χ4v) is 3.98. The van der Waals surface area contributed by atoms with Crippen LogP contribution in [0.3, 0.4) is 0 Å². The van der Waals surface area contributed by atoms with E-state index >= 15 is 0 Å². The van der Waals surface area contributed by atoms with Gasteiger partial charge in [-0.1, -0.05) is 12.2 Å². The van der Waals surface area contributed by atoms with Gasteiger partial charge in [0.15, 0.2) is 11.5 Å². The molecule has 30 heavy (non-hydrogen) atoms. The molecule has 4 rings (SSSR count). The maximum absolute atomic E-state index is 13.2. The Balaban J connectivity index is 1.80. The smallest absolute Gasteiger partial charge is 0.335 e. The summed E-state index contributed by atoms with van der Waals surface area (Å²) in [7, 11) is 3.16. The number of carboxylic acid groups (broad SMARTS) is 1. The second kappa shape index (κ2) is 8.02. The zero-order valence-electron chi connectivity index (χ0n) is 16.7. The molecule has 0 saturated heterocycles. The maximum Gasteiger partial charge on any atom is 0.335 e. The standard InChI is InChI=1S/C23H22N2O5/c1-29-19-12-9-15(13-20(19)30-2)21-17-5-3-4-6-18(17)22(26)25(24-21)16-10-7-14(8-11-16)23(27)28/h3-4,7-13,17-18H,5-6H2,1-2H3,(H,27,28)/t17-,18+/m0/s1. The normalized spacial score (nSPS) is 20.4. The van der Waals surface area contributed by atoms with Gasteiger partial charge in [-0.25, -0.2) is 9.80 Å². The van der Waals surface area contributed by atoms with Crippen molar-refractivity contribution in [1.82, 2.24) is 0 Å². The summed E-state index contributed by atoms with van der Waals surface area (Å²) in [5, 5.41) is 15.2. The average Bonchev–Trinajstić information content (AvgIpc) is 2.79. The molecule has 0 saturated carbocycles. The molecule has 1 heterocycles. The molecule has 154 valence electrons. The van der Waals surface area contributed by atoms with Crippen molar-refractivity contribution in [2.75, 3.05) is 19.2 Å². The zero-order chi connectivity index (χ0) is 21.3. The lowest BCUT2D eigenvalue weighted by molar-refractivity contribution is -0.123. The molecule has 0 spiro atoms. The number of hydrogen-bond acceptors (Lipinski definition) is 5. The topological polar surface area (TPSA) is 88.4 Å². The highest BCUT2D eigenvalue weighted by atomic mass is 16.5. The third-order valence-corrected chi connectivity index (χ3v) is 5.56. The van der Waals surface area contributed by atoms with Crippen LogP contribution in [-0.4, -0.2) is 36.9 Å². The Morgan fingerprint density at radius 1 is 1.00 bits per heavy atom. The molecule has 2 aliphatic rings. The lowest BCUT2D eigenvalue weighted by Gasteiger charge is -2.37. The number of anilines is 1. The summed E-state index contributed by atoms with van der Waals surface area (Å²) in [5.74, 6) is -0.148. The van der Waals surface area contributed by atoms with Gasteiger partial charge in [0.1, 0.15) is 0 Å². The van der Waals surface area contributed by atoms with E-state index in [0.717, 1.165) is 17.7 Å². The summed E-state index contributed by atoms with van der Waals surface area (Å²) < 4.78 is 10.8. The van der Waals surface area contributed by atoms with Gasteiger partial charge in [0.25, 0.3) is 5.91 Å². The number of ether oxygens (including phenoxy) is 2. The van der Waals surface area contributed by atoms with E-state index in [9.17, 15) is 9.59 Å². The average molecular weight is 406 g/mol. The molecule has 1 amide bonds. The highest BCUT2D eigenvalue weighted by molar-refractivity contribution is 6.11. The number of carbonyl (C=O) groups excluding carboxylic acids is 1. The molecule has 0 unspecified atom stereocenters. The monoisotopic (exact) mass is 406 g/mol. The Labute approximate surface area is 174 Å². The van der Waals surface area contributed by atoms with Crippen LogP contribution in [-0.2, 0) is 4.79 Å². The number of aromatic carboxylic acids is 1. The highest BCUT2D eigenvalue weighted by Gasteiger charge is 2.40. The first-order valence-corrected chi connectivity index (χ1v) is 9.66. The fourth-order valence-electron chi connectivity index (χ4n) is 3.98. The molecule has 1 aliphatic heterocycles. The zero-order valence-corrected chi connectivity index (χ0v) is 16.7. The Morgan fingerprint density at radius 2 is 1.67 bits per heavy atom. The van der Waals surface area contributed by atoms with Crippen molar-refractivity contribution in [2.24, 2.45) is 16.9 Å². The number of amides is 1. The Morgan fingerprint density at radius 3 is 2.30 bits per heavy atom. The SMILES string of the molecule is COc1ccc(C2=NN(c3ccc(C(=O)O)cc3)C(=O)[C@@H]3CC=CC[C@H]23)cc1OC. The van der Waals surface area contributed by atoms with Crippen LogP contribution in [0.2, 0.25) is 0 Å². The van der Waals surface area contributed by atoms with Gasteiger partial charge < -0.3 is 14.6 Å². The highest BCUT2D eigenvalue weighted by Crippen LogP contribution is 2.38. The molecule has 2 aromatic rings. The largest absolute Gasteiger partial charge is 0.493 e. The molecule has 0 radical (unpaired) electrons. The quantitative estimate of drug-likeness (QED) is 0.765. The molecule has 2 atom stereocenters. The van der Waals surface area contributed by atoms with Crippen LogP contribution < -0.4 is 14.5 Å². The minimum Gasteiger partial charge on any atom is -0.493 e. The van der Waals surface area contributed by atoms with E-state index in [1.807, 2.05) is 24.3 Å². The van der Waals surface area contributed by atoms with E-state index in [2.05, 4.69) is 6.08 Å². The van der Waals surface area contributed by atoms with Crippen molar-refractivity contribution in [3.63, 3.8) is 0 Å². The molecule has 0 bridgehead atoms. The first-order valence-electron chi connectivity index (χ1n) is 9.66. The van der Waals surface area contributed by atoms with Crippen molar-refractivity contribution in [1.29, 1.82) is 0 Å². The van der Waals surface area contributed by atoms with Gasteiger partial charge in [0, 0.05) is 11.5 Å². The van der Waals surface area contributed by atoms with Crippen LogP contribution in [0.15, 0.2) is 59.7 Å². The van der Waals surface area contributed by atoms with Crippen LogP contribution in [0.4, 0.5) is 5.69 Å². The molecule has 1 N–H and O–H groups in total. The Hall–Kier alpha value is -3.61. The number of allylic oxidation sites excluding steroid dienone is 2. The van der Waals surface area contributed by atoms with Crippen molar-refractivity contribution in [3.05, 3.63) is 65.7 Å². The summed E-state index contributed by atoms with van der Waals surface area (Å²) in [6.07, 6.45) is 5.49. The number of rotatable bonds is 5. The van der Waals surface area contributed by atoms with Gasteiger partial charge in [-0.15, -0.1) is 0 Å². The number of hydrazone groups is 1. The fraction of sp³-hybridized carbons (Fsp3) is 0.261. The van der Waals surface area contributed by atoms with Crippen molar-refractivity contribution < 1.29 is 24.2 Å². The third kappa shape index (κ3) is 3.43. The summed E-state index contributed by atoms with van der Waals surface area (Å²) in [6.45, 7) is 0. The first kappa shape index (κ1) is 19.7. The van der Waals surface area contributed by atoms with Gasteiger partial charge in [-0.05, 0) is 55.3 Å². The van der Waals surface area contributed by atoms with E-state index < -0.39 is 5.97 Å². The van der Waals surface area contributed by atoms with Crippen molar-refractivity contribution in [3.8, 4) is 11.5 Å². The molecule has 0 aromatic heterocycles. The number of nitrogens with zero attached hydrogens (tertiary/aromatic N) is 2. The number of methoxy groups -OCH3 is 2. The van der Waals surface area contributed by atoms with E-state index in [-0.39, 0.29) is 23.3 Å². The van der Waals surface area contributed by atoms with Crippen molar-refractivity contribution in [2.45, 2.75) is 12.8 Å². The third-order valence-electron chi connectivity index (χ3n) is 5.56. The molecule has 7 nitrogen and oxygen atoms in total. The second-order valence-electron chi connectivity index (χ2n) is 7.21. The van der Waals surface area contributed by atoms with Gasteiger partial charge in [0.05, 0.1) is 37.1 Å². The summed E-state index contributed by atoms with van der Waals surface area (Å²) in [5.41, 5.74) is 2.35. The van der Waals surface area contributed by atoms with Crippen LogP contribution in [0.25, 0.3) is 0 Å². The van der Waals surface area contributed by atoms with Gasteiger partial charge in [-0.3, -0.25) is 4.79 Å². The molecular formula is C23H22N2O5.